The van der Waals surface area contributed by atoms with E-state index in [2.05, 4.69) is 45.9 Å². The second kappa shape index (κ2) is 8.67. The highest BCUT2D eigenvalue weighted by Gasteiger charge is 2.40. The average Bonchev–Trinajstić information content (AvgIpc) is 3.22. The van der Waals surface area contributed by atoms with Gasteiger partial charge in [-0.05, 0) is 48.6 Å². The van der Waals surface area contributed by atoms with Gasteiger partial charge in [-0.3, -0.25) is 0 Å². The molecule has 0 unspecified atom stereocenters. The first kappa shape index (κ1) is 21.2. The Morgan fingerprint density at radius 1 is 1.09 bits per heavy atom. The number of furan rings is 1. The fraction of sp³-hybridized carbons (Fsp3) is 0.269. The molecule has 7 heteroatoms. The highest BCUT2D eigenvalue weighted by atomic mass is 16.4. The van der Waals surface area contributed by atoms with Crippen LogP contribution in [-0.4, -0.2) is 29.5 Å². The maximum Gasteiger partial charge on any atom is 0.405 e. The smallest absolute Gasteiger partial charge is 0.405 e. The largest absolute Gasteiger partial charge is 0.465 e. The lowest BCUT2D eigenvalue weighted by molar-refractivity contribution is 0.144. The van der Waals surface area contributed by atoms with E-state index in [1.54, 1.807) is 0 Å². The molecule has 0 radical (unpaired) electrons. The standard InChI is InChI=1S/C26H27N3O4/c30-14-13-27-24-16-19-15-22(18-5-2-1-3-6-18)29(17-23(19)33-24)21-9-7-20(8-10-21)26(11-4-12-26)28-25(31)32/h1-3,5-10,15-16,27-28,30H,4,11-14,17H2,(H,31,32). The van der Waals surface area contributed by atoms with E-state index in [0.717, 1.165) is 53.1 Å². The number of carboxylic acid groups (broad SMARTS) is 1. The normalized spacial score (nSPS) is 16.4. The third kappa shape index (κ3) is 4.07. The van der Waals surface area contributed by atoms with E-state index < -0.39 is 11.6 Å². The number of fused-ring (bicyclic) bond motifs is 1. The molecule has 5 rings (SSSR count). The third-order valence-electron chi connectivity index (χ3n) is 6.49. The van der Waals surface area contributed by atoms with Crippen molar-refractivity contribution in [1.29, 1.82) is 0 Å². The molecule has 0 saturated heterocycles. The summed E-state index contributed by atoms with van der Waals surface area (Å²) in [4.78, 5) is 13.5. The summed E-state index contributed by atoms with van der Waals surface area (Å²) in [6.07, 6.45) is 3.78. The fourth-order valence-electron chi connectivity index (χ4n) is 4.67. The molecule has 33 heavy (non-hydrogen) atoms. The zero-order valence-electron chi connectivity index (χ0n) is 18.3. The van der Waals surface area contributed by atoms with Gasteiger partial charge in [-0.2, -0.15) is 0 Å². The molecule has 1 aliphatic heterocycles. The van der Waals surface area contributed by atoms with Crippen molar-refractivity contribution in [3.63, 3.8) is 0 Å². The monoisotopic (exact) mass is 445 g/mol. The summed E-state index contributed by atoms with van der Waals surface area (Å²) in [5.74, 6) is 1.49. The minimum atomic E-state index is -0.986. The molecule has 1 saturated carbocycles. The van der Waals surface area contributed by atoms with Gasteiger partial charge in [-0.25, -0.2) is 4.79 Å². The molecule has 2 aromatic carbocycles. The molecule has 0 atom stereocenters. The minimum absolute atomic E-state index is 0.0349. The van der Waals surface area contributed by atoms with Crippen LogP contribution in [0.3, 0.4) is 0 Å². The van der Waals surface area contributed by atoms with Crippen molar-refractivity contribution in [3.8, 4) is 0 Å². The summed E-state index contributed by atoms with van der Waals surface area (Å²) in [6, 6.07) is 20.3. The van der Waals surface area contributed by atoms with Crippen LogP contribution in [0.2, 0.25) is 0 Å². The van der Waals surface area contributed by atoms with Crippen LogP contribution < -0.4 is 15.5 Å². The van der Waals surface area contributed by atoms with Gasteiger partial charge in [0.2, 0.25) is 0 Å². The highest BCUT2D eigenvalue weighted by molar-refractivity contribution is 5.92. The SMILES string of the molecule is O=C(O)NC1(c2ccc(N3Cc4oc(NCCO)cc4C=C3c3ccccc3)cc2)CCC1. The van der Waals surface area contributed by atoms with Crippen molar-refractivity contribution in [2.75, 3.05) is 23.4 Å². The first-order valence-electron chi connectivity index (χ1n) is 11.2. The fourth-order valence-corrected chi connectivity index (χ4v) is 4.67. The third-order valence-corrected chi connectivity index (χ3v) is 6.49. The Bertz CT molecular complexity index is 1160. The Hall–Kier alpha value is -3.71. The Kier molecular flexibility index (Phi) is 5.56. The molecule has 2 aliphatic rings. The topological polar surface area (TPSA) is 98.0 Å². The quantitative estimate of drug-likeness (QED) is 0.415. The second-order valence-electron chi connectivity index (χ2n) is 8.53. The van der Waals surface area contributed by atoms with Crippen LogP contribution in [0.15, 0.2) is 65.1 Å². The molecule has 1 aliphatic carbocycles. The number of rotatable bonds is 7. The maximum atomic E-state index is 11.3. The van der Waals surface area contributed by atoms with Crippen molar-refractivity contribution >= 4 is 29.4 Å². The van der Waals surface area contributed by atoms with Crippen LogP contribution in [-0.2, 0) is 12.1 Å². The maximum absolute atomic E-state index is 11.3. The number of benzene rings is 2. The van der Waals surface area contributed by atoms with E-state index in [1.807, 2.05) is 36.4 Å². The van der Waals surface area contributed by atoms with E-state index >= 15 is 0 Å². The van der Waals surface area contributed by atoms with E-state index in [1.165, 1.54) is 0 Å². The average molecular weight is 446 g/mol. The zero-order valence-corrected chi connectivity index (χ0v) is 18.3. The Morgan fingerprint density at radius 3 is 2.48 bits per heavy atom. The summed E-state index contributed by atoms with van der Waals surface area (Å²) in [5, 5.41) is 24.2. The number of nitrogens with one attached hydrogen (secondary N) is 2. The van der Waals surface area contributed by atoms with Gasteiger partial charge in [-0.15, -0.1) is 0 Å². The molecule has 1 amide bonds. The number of aliphatic hydroxyl groups is 1. The summed E-state index contributed by atoms with van der Waals surface area (Å²) in [7, 11) is 0. The zero-order chi connectivity index (χ0) is 22.8. The highest BCUT2D eigenvalue weighted by Crippen LogP contribution is 2.43. The van der Waals surface area contributed by atoms with Crippen LogP contribution >= 0.6 is 0 Å². The number of anilines is 2. The molecule has 0 spiro atoms. The van der Waals surface area contributed by atoms with Crippen LogP contribution in [0.4, 0.5) is 16.4 Å². The van der Waals surface area contributed by atoms with Crippen LogP contribution in [0.1, 0.15) is 41.7 Å². The molecule has 3 aromatic rings. The van der Waals surface area contributed by atoms with Crippen molar-refractivity contribution in [2.24, 2.45) is 0 Å². The van der Waals surface area contributed by atoms with Crippen LogP contribution in [0, 0.1) is 0 Å². The molecular formula is C26H27N3O4. The van der Waals surface area contributed by atoms with Gasteiger partial charge in [0.1, 0.15) is 5.76 Å². The lowest BCUT2D eigenvalue weighted by Gasteiger charge is -2.42. The molecule has 1 aromatic heterocycles. The van der Waals surface area contributed by atoms with Crippen molar-refractivity contribution < 1.29 is 19.4 Å². The first-order valence-corrected chi connectivity index (χ1v) is 11.2. The van der Waals surface area contributed by atoms with Crippen molar-refractivity contribution in [1.82, 2.24) is 5.32 Å². The van der Waals surface area contributed by atoms with Gasteiger partial charge in [-0.1, -0.05) is 42.5 Å². The Morgan fingerprint density at radius 2 is 1.85 bits per heavy atom. The first-order chi connectivity index (χ1) is 16.1. The van der Waals surface area contributed by atoms with Gasteiger partial charge < -0.3 is 30.2 Å². The molecule has 170 valence electrons. The van der Waals surface area contributed by atoms with Gasteiger partial charge >= 0.3 is 6.09 Å². The van der Waals surface area contributed by atoms with Gasteiger partial charge in [0.05, 0.1) is 18.7 Å². The Labute approximate surface area is 192 Å². The van der Waals surface area contributed by atoms with Crippen molar-refractivity contribution in [2.45, 2.75) is 31.3 Å². The predicted octanol–water partition coefficient (Wildman–Crippen LogP) is 4.85. The predicted molar refractivity (Wildman–Crippen MR) is 128 cm³/mol. The second-order valence-corrected chi connectivity index (χ2v) is 8.53. The Balaban J connectivity index is 1.48. The van der Waals surface area contributed by atoms with Gasteiger partial charge in [0, 0.05) is 29.6 Å². The summed E-state index contributed by atoms with van der Waals surface area (Å²) < 4.78 is 6.01. The van der Waals surface area contributed by atoms with E-state index in [9.17, 15) is 9.90 Å². The number of amides is 1. The van der Waals surface area contributed by atoms with Crippen molar-refractivity contribution in [3.05, 3.63) is 83.1 Å². The number of aliphatic hydroxyl groups excluding tert-OH is 1. The summed E-state index contributed by atoms with van der Waals surface area (Å²) in [6.45, 7) is 1.03. The molecule has 2 heterocycles. The number of nitrogens with zero attached hydrogens (tertiary/aromatic N) is 1. The van der Waals surface area contributed by atoms with E-state index in [-0.39, 0.29) is 6.61 Å². The van der Waals surface area contributed by atoms with E-state index in [4.69, 9.17) is 9.52 Å². The molecule has 4 N–H and O–H groups in total. The number of hydrogen-bond acceptors (Lipinski definition) is 5. The summed E-state index contributed by atoms with van der Waals surface area (Å²) in [5.41, 5.74) is 4.70. The number of carbonyl (C=O) groups is 1. The molecule has 0 bridgehead atoms. The molecule has 1 fully saturated rings. The van der Waals surface area contributed by atoms with Crippen LogP contribution in [0.5, 0.6) is 0 Å². The lowest BCUT2D eigenvalue weighted by Crippen LogP contribution is -2.50. The van der Waals surface area contributed by atoms with E-state index in [0.29, 0.717) is 19.0 Å². The summed E-state index contributed by atoms with van der Waals surface area (Å²) >= 11 is 0. The van der Waals surface area contributed by atoms with Gasteiger partial charge in [0.25, 0.3) is 0 Å². The number of hydrogen-bond donors (Lipinski definition) is 4. The lowest BCUT2D eigenvalue weighted by atomic mass is 9.72. The van der Waals surface area contributed by atoms with Gasteiger partial charge in [0.15, 0.2) is 5.88 Å². The molecule has 7 nitrogen and oxygen atoms in total. The minimum Gasteiger partial charge on any atom is -0.465 e. The van der Waals surface area contributed by atoms with Crippen LogP contribution in [0.25, 0.3) is 11.8 Å². The molecular weight excluding hydrogens is 418 g/mol.